The van der Waals surface area contributed by atoms with Crippen LogP contribution in [0.4, 0.5) is 4.39 Å². The minimum absolute atomic E-state index is 0.0763. The third-order valence-electron chi connectivity index (χ3n) is 3.97. The predicted octanol–water partition coefficient (Wildman–Crippen LogP) is 3.42. The number of nitrogens with one attached hydrogen (secondary N) is 1. The summed E-state index contributed by atoms with van der Waals surface area (Å²) < 4.78 is 18.5. The average Bonchev–Trinajstić information content (AvgIpc) is 2.92. The van der Waals surface area contributed by atoms with E-state index in [1.54, 1.807) is 12.1 Å². The van der Waals surface area contributed by atoms with Gasteiger partial charge in [0.2, 0.25) is 5.91 Å². The Kier molecular flexibility index (Phi) is 5.55. The Morgan fingerprint density at radius 1 is 1.22 bits per heavy atom. The first kappa shape index (κ1) is 17.2. The Hall–Kier alpha value is -2.14. The second-order valence-corrected chi connectivity index (χ2v) is 5.89. The van der Waals surface area contributed by atoms with E-state index in [9.17, 15) is 9.18 Å². The standard InChI is InChI=1S/C18H23FN2O2/c1-12-5-10-17(23-12)11-21(4)14(3)18(22)20-13(2)15-6-8-16(19)9-7-15/h5-10,13-14H,11H2,1-4H3,(H,20,22). The van der Waals surface area contributed by atoms with Crippen molar-refractivity contribution in [1.29, 1.82) is 0 Å². The van der Waals surface area contributed by atoms with Crippen LogP contribution in [0.15, 0.2) is 40.8 Å². The lowest BCUT2D eigenvalue weighted by atomic mass is 10.1. The van der Waals surface area contributed by atoms with Crippen LogP contribution in [0.25, 0.3) is 0 Å². The maximum absolute atomic E-state index is 13.0. The Morgan fingerprint density at radius 2 is 1.87 bits per heavy atom. The topological polar surface area (TPSA) is 45.5 Å². The zero-order chi connectivity index (χ0) is 17.0. The molecule has 0 radical (unpaired) electrons. The number of nitrogens with zero attached hydrogens (tertiary/aromatic N) is 1. The van der Waals surface area contributed by atoms with E-state index in [0.717, 1.165) is 17.1 Å². The summed E-state index contributed by atoms with van der Waals surface area (Å²) in [5.74, 6) is 1.33. The van der Waals surface area contributed by atoms with Gasteiger partial charge in [0, 0.05) is 0 Å². The molecule has 0 aliphatic heterocycles. The first-order valence-electron chi connectivity index (χ1n) is 7.68. The molecule has 2 rings (SSSR count). The third-order valence-corrected chi connectivity index (χ3v) is 3.97. The summed E-state index contributed by atoms with van der Waals surface area (Å²) in [6.07, 6.45) is 0. The molecule has 0 aliphatic rings. The molecule has 0 saturated heterocycles. The summed E-state index contributed by atoms with van der Waals surface area (Å²) in [6, 6.07) is 9.50. The fraction of sp³-hybridized carbons (Fsp3) is 0.389. The highest BCUT2D eigenvalue weighted by Gasteiger charge is 2.21. The van der Waals surface area contributed by atoms with E-state index in [1.165, 1.54) is 12.1 Å². The van der Waals surface area contributed by atoms with Crippen LogP contribution in [0.5, 0.6) is 0 Å². The molecule has 1 aromatic carbocycles. The number of rotatable bonds is 6. The number of carbonyl (C=O) groups excluding carboxylic acids is 1. The fourth-order valence-corrected chi connectivity index (χ4v) is 2.32. The van der Waals surface area contributed by atoms with E-state index >= 15 is 0 Å². The van der Waals surface area contributed by atoms with E-state index in [2.05, 4.69) is 5.32 Å². The summed E-state index contributed by atoms with van der Waals surface area (Å²) >= 11 is 0. The molecular formula is C18H23FN2O2. The molecule has 124 valence electrons. The van der Waals surface area contributed by atoms with Crippen molar-refractivity contribution in [3.8, 4) is 0 Å². The second kappa shape index (κ2) is 7.42. The molecule has 4 nitrogen and oxygen atoms in total. The smallest absolute Gasteiger partial charge is 0.237 e. The number of amides is 1. The monoisotopic (exact) mass is 318 g/mol. The Labute approximate surface area is 136 Å². The number of carbonyl (C=O) groups is 1. The molecule has 0 spiro atoms. The van der Waals surface area contributed by atoms with Crippen molar-refractivity contribution in [2.24, 2.45) is 0 Å². The first-order chi connectivity index (χ1) is 10.9. The van der Waals surface area contributed by atoms with Gasteiger partial charge in [-0.1, -0.05) is 12.1 Å². The normalized spacial score (nSPS) is 13.8. The van der Waals surface area contributed by atoms with Crippen molar-refractivity contribution in [1.82, 2.24) is 10.2 Å². The van der Waals surface area contributed by atoms with Gasteiger partial charge in [-0.05, 0) is 57.6 Å². The van der Waals surface area contributed by atoms with Crippen LogP contribution in [0.2, 0.25) is 0 Å². The summed E-state index contributed by atoms with van der Waals surface area (Å²) in [7, 11) is 1.88. The maximum Gasteiger partial charge on any atom is 0.237 e. The lowest BCUT2D eigenvalue weighted by Gasteiger charge is -2.25. The molecule has 0 aliphatic carbocycles. The molecule has 0 bridgehead atoms. The van der Waals surface area contributed by atoms with Crippen molar-refractivity contribution in [3.63, 3.8) is 0 Å². The van der Waals surface area contributed by atoms with E-state index in [1.807, 2.05) is 44.9 Å². The highest BCUT2D eigenvalue weighted by atomic mass is 19.1. The third kappa shape index (κ3) is 4.66. The highest BCUT2D eigenvalue weighted by Crippen LogP contribution is 2.14. The van der Waals surface area contributed by atoms with Crippen LogP contribution in [0, 0.1) is 12.7 Å². The summed E-state index contributed by atoms with van der Waals surface area (Å²) in [5, 5.41) is 2.95. The number of likely N-dealkylation sites (N-methyl/N-ethyl adjacent to an activating group) is 1. The molecule has 2 unspecified atom stereocenters. The number of aryl methyl sites for hydroxylation is 1. The molecule has 5 heteroatoms. The van der Waals surface area contributed by atoms with Crippen molar-refractivity contribution in [2.75, 3.05) is 7.05 Å². The van der Waals surface area contributed by atoms with Gasteiger partial charge in [-0.15, -0.1) is 0 Å². The van der Waals surface area contributed by atoms with E-state index in [-0.39, 0.29) is 23.8 Å². The van der Waals surface area contributed by atoms with Gasteiger partial charge >= 0.3 is 0 Å². The minimum Gasteiger partial charge on any atom is -0.465 e. The van der Waals surface area contributed by atoms with Gasteiger partial charge in [-0.3, -0.25) is 9.69 Å². The van der Waals surface area contributed by atoms with Crippen LogP contribution in [0.1, 0.15) is 37.0 Å². The molecule has 23 heavy (non-hydrogen) atoms. The fourth-order valence-electron chi connectivity index (χ4n) is 2.32. The largest absolute Gasteiger partial charge is 0.465 e. The summed E-state index contributed by atoms with van der Waals surface area (Å²) in [5.41, 5.74) is 0.872. The SMILES string of the molecule is Cc1ccc(CN(C)C(C)C(=O)NC(C)c2ccc(F)cc2)o1. The Balaban J connectivity index is 1.92. The van der Waals surface area contributed by atoms with Crippen LogP contribution in [-0.2, 0) is 11.3 Å². The van der Waals surface area contributed by atoms with Crippen LogP contribution in [-0.4, -0.2) is 23.9 Å². The zero-order valence-electron chi connectivity index (χ0n) is 14.0. The lowest BCUT2D eigenvalue weighted by molar-refractivity contribution is -0.126. The zero-order valence-corrected chi connectivity index (χ0v) is 14.0. The van der Waals surface area contributed by atoms with Gasteiger partial charge in [0.25, 0.3) is 0 Å². The molecule has 1 aromatic heterocycles. The van der Waals surface area contributed by atoms with Gasteiger partial charge in [0.1, 0.15) is 17.3 Å². The minimum atomic E-state index is -0.302. The van der Waals surface area contributed by atoms with Crippen molar-refractivity contribution in [3.05, 3.63) is 59.3 Å². The number of halogens is 1. The van der Waals surface area contributed by atoms with Crippen molar-refractivity contribution >= 4 is 5.91 Å². The van der Waals surface area contributed by atoms with Gasteiger partial charge in [0.05, 0.1) is 18.6 Å². The molecule has 0 fully saturated rings. The predicted molar refractivity (Wildman–Crippen MR) is 87.3 cm³/mol. The summed E-state index contributed by atoms with van der Waals surface area (Å²) in [6.45, 7) is 6.19. The van der Waals surface area contributed by atoms with Crippen LogP contribution < -0.4 is 5.32 Å². The van der Waals surface area contributed by atoms with Gasteiger partial charge in [-0.25, -0.2) is 4.39 Å². The molecule has 1 N–H and O–H groups in total. The molecule has 1 heterocycles. The lowest BCUT2D eigenvalue weighted by Crippen LogP contribution is -2.43. The van der Waals surface area contributed by atoms with Crippen LogP contribution in [0.3, 0.4) is 0 Å². The van der Waals surface area contributed by atoms with Crippen LogP contribution >= 0.6 is 0 Å². The van der Waals surface area contributed by atoms with E-state index in [0.29, 0.717) is 6.54 Å². The number of hydrogen-bond donors (Lipinski definition) is 1. The Bertz CT molecular complexity index is 651. The number of furan rings is 1. The van der Waals surface area contributed by atoms with E-state index in [4.69, 9.17) is 4.42 Å². The molecule has 0 saturated carbocycles. The van der Waals surface area contributed by atoms with E-state index < -0.39 is 0 Å². The first-order valence-corrected chi connectivity index (χ1v) is 7.68. The van der Waals surface area contributed by atoms with Gasteiger partial charge in [0.15, 0.2) is 0 Å². The molecule has 2 atom stereocenters. The molecule has 1 amide bonds. The number of benzene rings is 1. The average molecular weight is 318 g/mol. The Morgan fingerprint density at radius 3 is 2.43 bits per heavy atom. The molecule has 2 aromatic rings. The van der Waals surface area contributed by atoms with Crippen molar-refractivity contribution in [2.45, 2.75) is 39.4 Å². The quantitative estimate of drug-likeness (QED) is 0.887. The number of hydrogen-bond acceptors (Lipinski definition) is 3. The summed E-state index contributed by atoms with van der Waals surface area (Å²) in [4.78, 5) is 14.3. The maximum atomic E-state index is 13.0. The highest BCUT2D eigenvalue weighted by molar-refractivity contribution is 5.81. The van der Waals surface area contributed by atoms with Gasteiger partial charge < -0.3 is 9.73 Å². The van der Waals surface area contributed by atoms with Gasteiger partial charge in [-0.2, -0.15) is 0 Å². The second-order valence-electron chi connectivity index (χ2n) is 5.89. The molecular weight excluding hydrogens is 295 g/mol. The van der Waals surface area contributed by atoms with Crippen molar-refractivity contribution < 1.29 is 13.6 Å².